The maximum atomic E-state index is 12.9. The first-order valence-electron chi connectivity index (χ1n) is 5.70. The van der Waals surface area contributed by atoms with Crippen molar-refractivity contribution in [3.8, 4) is 11.1 Å². The van der Waals surface area contributed by atoms with Gasteiger partial charge in [-0.05, 0) is 23.8 Å². The number of aromatic nitrogens is 1. The van der Waals surface area contributed by atoms with E-state index < -0.39 is 23.6 Å². The number of halogens is 9. The van der Waals surface area contributed by atoms with Gasteiger partial charge in [0.1, 0.15) is 0 Å². The number of rotatable bonds is 1. The molecule has 0 aliphatic heterocycles. The molecule has 0 fully saturated rings. The van der Waals surface area contributed by atoms with Gasteiger partial charge < -0.3 is 0 Å². The predicted molar refractivity (Wildman–Crippen MR) is 74.7 cm³/mol. The molecule has 124 valence electrons. The van der Waals surface area contributed by atoms with Crippen molar-refractivity contribution in [1.82, 2.24) is 4.98 Å². The van der Waals surface area contributed by atoms with Gasteiger partial charge in [-0.2, -0.15) is 26.3 Å². The Kier molecular flexibility index (Phi) is 4.76. The smallest absolute Gasteiger partial charge is 0.251 e. The summed E-state index contributed by atoms with van der Waals surface area (Å²) in [6, 6.07) is 2.70. The molecule has 0 N–H and O–H groups in total. The van der Waals surface area contributed by atoms with Crippen LogP contribution in [0, 0.1) is 0 Å². The second-order valence-corrected chi connectivity index (χ2v) is 5.56. The fourth-order valence-corrected chi connectivity index (χ4v) is 2.38. The van der Waals surface area contributed by atoms with Crippen LogP contribution in [0.5, 0.6) is 0 Å². The average molecular weight is 395 g/mol. The highest BCUT2D eigenvalue weighted by atomic mass is 35.5. The molecular weight excluding hydrogens is 390 g/mol. The van der Waals surface area contributed by atoms with Gasteiger partial charge >= 0.3 is 12.4 Å². The van der Waals surface area contributed by atoms with Gasteiger partial charge in [0, 0.05) is 11.8 Å². The summed E-state index contributed by atoms with van der Waals surface area (Å²) in [5.74, 6) is 0. The van der Waals surface area contributed by atoms with E-state index in [9.17, 15) is 26.3 Å². The summed E-state index contributed by atoms with van der Waals surface area (Å²) in [6.45, 7) is 0. The number of pyridine rings is 1. The molecule has 1 aromatic carbocycles. The lowest BCUT2D eigenvalue weighted by atomic mass is 10.0. The Morgan fingerprint density at radius 2 is 1.26 bits per heavy atom. The fourth-order valence-electron chi connectivity index (χ4n) is 1.79. The van der Waals surface area contributed by atoms with Gasteiger partial charge in [0.15, 0.2) is 5.69 Å². The molecule has 0 spiro atoms. The van der Waals surface area contributed by atoms with Crippen LogP contribution in [0.15, 0.2) is 24.4 Å². The molecule has 0 atom stereocenters. The lowest BCUT2D eigenvalue weighted by molar-refractivity contribution is -0.164. The largest absolute Gasteiger partial charge is 0.433 e. The van der Waals surface area contributed by atoms with Crippen molar-refractivity contribution in [2.24, 2.45) is 0 Å². The standard InChI is InChI=1S/C13H4Cl3F6N/c14-8-2-5(3-9(15)10(8)16)6-1-7(12(17,18)19)11(23-4-6)13(20,21)22/h1-4H. The van der Waals surface area contributed by atoms with Crippen molar-refractivity contribution in [1.29, 1.82) is 0 Å². The Bertz CT molecular complexity index is 731. The monoisotopic (exact) mass is 393 g/mol. The minimum atomic E-state index is -5.24. The van der Waals surface area contributed by atoms with Crippen molar-refractivity contribution in [2.75, 3.05) is 0 Å². The molecule has 1 heterocycles. The SMILES string of the molecule is FC(F)(F)c1cc(-c2cc(Cl)c(Cl)c(Cl)c2)cnc1C(F)(F)F. The minimum Gasteiger partial charge on any atom is -0.251 e. The second-order valence-electron chi connectivity index (χ2n) is 4.37. The Morgan fingerprint density at radius 1 is 0.739 bits per heavy atom. The molecule has 10 heteroatoms. The number of alkyl halides is 6. The van der Waals surface area contributed by atoms with Crippen LogP contribution in [0.25, 0.3) is 11.1 Å². The maximum Gasteiger partial charge on any atom is 0.433 e. The summed E-state index contributed by atoms with van der Waals surface area (Å²) in [5.41, 5.74) is -4.09. The number of hydrogen-bond acceptors (Lipinski definition) is 1. The van der Waals surface area contributed by atoms with Gasteiger partial charge in [-0.1, -0.05) is 34.8 Å². The molecule has 0 aliphatic rings. The van der Waals surface area contributed by atoms with Crippen LogP contribution >= 0.6 is 34.8 Å². The quantitative estimate of drug-likeness (QED) is 0.385. The Balaban J connectivity index is 2.67. The van der Waals surface area contributed by atoms with Gasteiger partial charge in [0.05, 0.1) is 20.6 Å². The molecule has 0 amide bonds. The number of benzene rings is 1. The summed E-state index contributed by atoms with van der Waals surface area (Å²) >= 11 is 17.2. The lowest BCUT2D eigenvalue weighted by Crippen LogP contribution is -2.18. The molecule has 23 heavy (non-hydrogen) atoms. The highest BCUT2D eigenvalue weighted by Gasteiger charge is 2.44. The maximum absolute atomic E-state index is 12.9. The Morgan fingerprint density at radius 3 is 1.70 bits per heavy atom. The second kappa shape index (κ2) is 6.03. The molecule has 2 aromatic rings. The summed E-state index contributed by atoms with van der Waals surface area (Å²) in [6.07, 6.45) is -9.81. The summed E-state index contributed by atoms with van der Waals surface area (Å²) < 4.78 is 76.7. The first kappa shape index (κ1) is 18.2. The molecule has 1 aromatic heterocycles. The number of hydrogen-bond donors (Lipinski definition) is 0. The molecule has 0 unspecified atom stereocenters. The van der Waals surface area contributed by atoms with E-state index in [-0.39, 0.29) is 26.2 Å². The highest BCUT2D eigenvalue weighted by Crippen LogP contribution is 2.41. The van der Waals surface area contributed by atoms with Crippen molar-refractivity contribution < 1.29 is 26.3 Å². The molecule has 0 radical (unpaired) electrons. The Hall–Kier alpha value is -1.18. The van der Waals surface area contributed by atoms with Crippen LogP contribution in [-0.4, -0.2) is 4.98 Å². The topological polar surface area (TPSA) is 12.9 Å². The minimum absolute atomic E-state index is 0.0204. The lowest BCUT2D eigenvalue weighted by Gasteiger charge is -2.16. The van der Waals surface area contributed by atoms with E-state index in [1.54, 1.807) is 0 Å². The molecule has 1 nitrogen and oxygen atoms in total. The van der Waals surface area contributed by atoms with Crippen LogP contribution in [-0.2, 0) is 12.4 Å². The van der Waals surface area contributed by atoms with Crippen molar-refractivity contribution in [3.05, 3.63) is 50.7 Å². The predicted octanol–water partition coefficient (Wildman–Crippen LogP) is 6.75. The zero-order valence-corrected chi connectivity index (χ0v) is 12.9. The van der Waals surface area contributed by atoms with E-state index in [1.165, 1.54) is 12.1 Å². The van der Waals surface area contributed by atoms with E-state index in [2.05, 4.69) is 4.98 Å². The van der Waals surface area contributed by atoms with Crippen LogP contribution in [0.3, 0.4) is 0 Å². The summed E-state index contributed by atoms with van der Waals surface area (Å²) in [5, 5.41) is -0.127. The first-order chi connectivity index (χ1) is 10.4. The van der Waals surface area contributed by atoms with Crippen LogP contribution in [0.4, 0.5) is 26.3 Å². The van der Waals surface area contributed by atoms with E-state index in [1.807, 2.05) is 0 Å². The third-order valence-corrected chi connectivity index (χ3v) is 3.98. The van der Waals surface area contributed by atoms with Crippen LogP contribution < -0.4 is 0 Å². The molecule has 0 saturated carbocycles. The molecule has 0 aliphatic carbocycles. The van der Waals surface area contributed by atoms with Crippen LogP contribution in [0.1, 0.15) is 11.3 Å². The third kappa shape index (κ3) is 3.84. The van der Waals surface area contributed by atoms with E-state index in [4.69, 9.17) is 34.8 Å². The first-order valence-corrected chi connectivity index (χ1v) is 6.84. The molecule has 2 rings (SSSR count). The number of nitrogens with zero attached hydrogens (tertiary/aromatic N) is 1. The molecule has 0 bridgehead atoms. The van der Waals surface area contributed by atoms with E-state index in [0.29, 0.717) is 12.3 Å². The Labute approximate surface area is 140 Å². The van der Waals surface area contributed by atoms with Crippen molar-refractivity contribution >= 4 is 34.8 Å². The van der Waals surface area contributed by atoms with Gasteiger partial charge in [0.2, 0.25) is 0 Å². The molecular formula is C13H4Cl3F6N. The summed E-state index contributed by atoms with van der Waals surface area (Å²) in [7, 11) is 0. The summed E-state index contributed by atoms with van der Waals surface area (Å²) in [4.78, 5) is 2.91. The van der Waals surface area contributed by atoms with Crippen molar-refractivity contribution in [2.45, 2.75) is 12.4 Å². The zero-order chi connectivity index (χ0) is 17.6. The van der Waals surface area contributed by atoms with Gasteiger partial charge in [-0.15, -0.1) is 0 Å². The molecule has 0 saturated heterocycles. The highest BCUT2D eigenvalue weighted by molar-refractivity contribution is 6.48. The van der Waals surface area contributed by atoms with Crippen LogP contribution in [0.2, 0.25) is 15.1 Å². The van der Waals surface area contributed by atoms with Gasteiger partial charge in [-0.3, -0.25) is 4.98 Å². The third-order valence-electron chi connectivity index (χ3n) is 2.78. The average Bonchev–Trinajstić information content (AvgIpc) is 2.41. The van der Waals surface area contributed by atoms with Gasteiger partial charge in [-0.25, -0.2) is 0 Å². The zero-order valence-electron chi connectivity index (χ0n) is 10.7. The normalized spacial score (nSPS) is 12.6. The van der Waals surface area contributed by atoms with E-state index >= 15 is 0 Å². The van der Waals surface area contributed by atoms with E-state index in [0.717, 1.165) is 0 Å². The van der Waals surface area contributed by atoms with Crippen molar-refractivity contribution in [3.63, 3.8) is 0 Å². The van der Waals surface area contributed by atoms with Gasteiger partial charge in [0.25, 0.3) is 0 Å². The fraction of sp³-hybridized carbons (Fsp3) is 0.154.